The molecule has 1 saturated heterocycles. The molecule has 1 amide bonds. The molecule has 21 heavy (non-hydrogen) atoms. The first-order valence-electron chi connectivity index (χ1n) is 6.92. The minimum Gasteiger partial charge on any atom is -0.446 e. The Morgan fingerprint density at radius 3 is 2.76 bits per heavy atom. The van der Waals surface area contributed by atoms with E-state index >= 15 is 0 Å². The molecule has 0 aliphatic carbocycles. The Labute approximate surface area is 121 Å². The molecule has 0 spiro atoms. The fourth-order valence-corrected chi connectivity index (χ4v) is 2.70. The summed E-state index contributed by atoms with van der Waals surface area (Å²) >= 11 is 0. The molecule has 0 radical (unpaired) electrons. The molecule has 3 heterocycles. The van der Waals surface area contributed by atoms with Gasteiger partial charge >= 0.3 is 6.09 Å². The van der Waals surface area contributed by atoms with Crippen molar-refractivity contribution in [3.05, 3.63) is 12.0 Å². The SMILES string of the molecule is Cc1nc(N2CCC(OC(N)=O)CC2)c2cnn(C)c2n1. The molecule has 8 heteroatoms. The van der Waals surface area contributed by atoms with E-state index in [0.29, 0.717) is 0 Å². The van der Waals surface area contributed by atoms with Crippen molar-refractivity contribution in [2.24, 2.45) is 12.8 Å². The highest BCUT2D eigenvalue weighted by Gasteiger charge is 2.24. The van der Waals surface area contributed by atoms with Crippen LogP contribution in [0.2, 0.25) is 0 Å². The van der Waals surface area contributed by atoms with E-state index in [1.807, 2.05) is 14.0 Å². The predicted octanol–water partition coefficient (Wildman–Crippen LogP) is 0.736. The Bertz CT molecular complexity index is 675. The highest BCUT2D eigenvalue weighted by atomic mass is 16.6. The lowest BCUT2D eigenvalue weighted by Crippen LogP contribution is -2.39. The van der Waals surface area contributed by atoms with Crippen LogP contribution in [-0.4, -0.2) is 45.0 Å². The molecule has 2 N–H and O–H groups in total. The summed E-state index contributed by atoms with van der Waals surface area (Å²) in [5.74, 6) is 1.61. The van der Waals surface area contributed by atoms with E-state index in [1.54, 1.807) is 10.9 Å². The molecule has 8 nitrogen and oxygen atoms in total. The number of hydrogen-bond donors (Lipinski definition) is 1. The van der Waals surface area contributed by atoms with Gasteiger partial charge in [0.25, 0.3) is 0 Å². The van der Waals surface area contributed by atoms with Crippen LogP contribution in [-0.2, 0) is 11.8 Å². The second-order valence-electron chi connectivity index (χ2n) is 5.22. The normalized spacial score (nSPS) is 16.4. The molecule has 2 aromatic rings. The van der Waals surface area contributed by atoms with E-state index < -0.39 is 6.09 Å². The minimum absolute atomic E-state index is 0.105. The second kappa shape index (κ2) is 5.19. The maximum absolute atomic E-state index is 10.8. The second-order valence-corrected chi connectivity index (χ2v) is 5.22. The van der Waals surface area contributed by atoms with Crippen LogP contribution in [0.4, 0.5) is 10.6 Å². The van der Waals surface area contributed by atoms with Gasteiger partial charge in [-0.2, -0.15) is 5.10 Å². The first-order valence-corrected chi connectivity index (χ1v) is 6.92. The fourth-order valence-electron chi connectivity index (χ4n) is 2.70. The quantitative estimate of drug-likeness (QED) is 0.875. The smallest absolute Gasteiger partial charge is 0.404 e. The molecule has 1 aliphatic rings. The molecule has 1 aliphatic heterocycles. The summed E-state index contributed by atoms with van der Waals surface area (Å²) in [6, 6.07) is 0. The summed E-state index contributed by atoms with van der Waals surface area (Å²) in [5.41, 5.74) is 5.89. The third-order valence-electron chi connectivity index (χ3n) is 3.71. The fraction of sp³-hybridized carbons (Fsp3) is 0.538. The van der Waals surface area contributed by atoms with Gasteiger partial charge in [-0.3, -0.25) is 4.68 Å². The number of rotatable bonds is 2. The average Bonchev–Trinajstić information content (AvgIpc) is 2.80. The molecule has 3 rings (SSSR count). The zero-order chi connectivity index (χ0) is 15.0. The van der Waals surface area contributed by atoms with Crippen LogP contribution < -0.4 is 10.6 Å². The van der Waals surface area contributed by atoms with Gasteiger partial charge in [0.15, 0.2) is 5.65 Å². The Kier molecular flexibility index (Phi) is 3.36. The number of anilines is 1. The number of piperidine rings is 1. The zero-order valence-corrected chi connectivity index (χ0v) is 12.1. The van der Waals surface area contributed by atoms with Crippen LogP contribution in [0.5, 0.6) is 0 Å². The van der Waals surface area contributed by atoms with Gasteiger partial charge in [-0.05, 0) is 6.92 Å². The van der Waals surface area contributed by atoms with Gasteiger partial charge in [0.2, 0.25) is 0 Å². The largest absolute Gasteiger partial charge is 0.446 e. The van der Waals surface area contributed by atoms with Crippen molar-refractivity contribution in [1.29, 1.82) is 0 Å². The third kappa shape index (κ3) is 2.61. The summed E-state index contributed by atoms with van der Waals surface area (Å²) in [6.45, 7) is 3.40. The number of nitrogens with two attached hydrogens (primary N) is 1. The van der Waals surface area contributed by atoms with E-state index in [2.05, 4.69) is 20.0 Å². The van der Waals surface area contributed by atoms with Crippen LogP contribution >= 0.6 is 0 Å². The van der Waals surface area contributed by atoms with Gasteiger partial charge in [-0.15, -0.1) is 0 Å². The molecule has 0 bridgehead atoms. The van der Waals surface area contributed by atoms with Gasteiger partial charge in [-0.25, -0.2) is 14.8 Å². The van der Waals surface area contributed by atoms with Crippen LogP contribution in [0, 0.1) is 6.92 Å². The van der Waals surface area contributed by atoms with E-state index in [9.17, 15) is 4.79 Å². The van der Waals surface area contributed by atoms with E-state index in [-0.39, 0.29) is 6.10 Å². The number of carbonyl (C=O) groups is 1. The van der Waals surface area contributed by atoms with Crippen molar-refractivity contribution >= 4 is 22.9 Å². The minimum atomic E-state index is -0.707. The Morgan fingerprint density at radius 2 is 2.10 bits per heavy atom. The Balaban J connectivity index is 1.84. The van der Waals surface area contributed by atoms with Crippen molar-refractivity contribution in [2.45, 2.75) is 25.9 Å². The van der Waals surface area contributed by atoms with E-state index in [4.69, 9.17) is 10.5 Å². The molecule has 0 aromatic carbocycles. The topological polar surface area (TPSA) is 99.2 Å². The number of primary amides is 1. The maximum atomic E-state index is 10.8. The van der Waals surface area contributed by atoms with Crippen molar-refractivity contribution in [3.63, 3.8) is 0 Å². The summed E-state index contributed by atoms with van der Waals surface area (Å²) in [4.78, 5) is 22.0. The summed E-state index contributed by atoms with van der Waals surface area (Å²) in [6.07, 6.45) is 2.46. The monoisotopic (exact) mass is 290 g/mol. The molecular weight excluding hydrogens is 272 g/mol. The summed E-state index contributed by atoms with van der Waals surface area (Å²) in [7, 11) is 1.87. The first kappa shape index (κ1) is 13.6. The van der Waals surface area contributed by atoms with Gasteiger partial charge in [-0.1, -0.05) is 0 Å². The van der Waals surface area contributed by atoms with Crippen LogP contribution in [0.3, 0.4) is 0 Å². The summed E-state index contributed by atoms with van der Waals surface area (Å²) < 4.78 is 6.80. The van der Waals surface area contributed by atoms with Gasteiger partial charge in [0, 0.05) is 33.0 Å². The Hall–Kier alpha value is -2.38. The van der Waals surface area contributed by atoms with E-state index in [0.717, 1.165) is 48.6 Å². The predicted molar refractivity (Wildman–Crippen MR) is 76.9 cm³/mol. The summed E-state index contributed by atoms with van der Waals surface area (Å²) in [5, 5.41) is 5.19. The van der Waals surface area contributed by atoms with Gasteiger partial charge in [0.05, 0.1) is 11.6 Å². The number of aromatic nitrogens is 4. The van der Waals surface area contributed by atoms with Crippen LogP contribution in [0.25, 0.3) is 11.0 Å². The van der Waals surface area contributed by atoms with Gasteiger partial charge in [0.1, 0.15) is 17.7 Å². The molecule has 1 fully saturated rings. The number of aryl methyl sites for hydroxylation is 2. The molecule has 0 saturated carbocycles. The molecule has 0 unspecified atom stereocenters. The van der Waals surface area contributed by atoms with Crippen molar-refractivity contribution in [3.8, 4) is 0 Å². The number of amides is 1. The lowest BCUT2D eigenvalue weighted by Gasteiger charge is -2.32. The third-order valence-corrected chi connectivity index (χ3v) is 3.71. The molecule has 112 valence electrons. The highest BCUT2D eigenvalue weighted by Crippen LogP contribution is 2.26. The number of hydrogen-bond acceptors (Lipinski definition) is 6. The van der Waals surface area contributed by atoms with Crippen molar-refractivity contribution in [1.82, 2.24) is 19.7 Å². The van der Waals surface area contributed by atoms with Crippen molar-refractivity contribution < 1.29 is 9.53 Å². The highest BCUT2D eigenvalue weighted by molar-refractivity contribution is 5.87. The zero-order valence-electron chi connectivity index (χ0n) is 12.1. The van der Waals surface area contributed by atoms with Crippen LogP contribution in [0.15, 0.2) is 6.20 Å². The first-order chi connectivity index (χ1) is 10.0. The molecule has 2 aromatic heterocycles. The lowest BCUT2D eigenvalue weighted by atomic mass is 10.1. The molecular formula is C13H18N6O2. The lowest BCUT2D eigenvalue weighted by molar-refractivity contribution is 0.0912. The van der Waals surface area contributed by atoms with Crippen LogP contribution in [0.1, 0.15) is 18.7 Å². The maximum Gasteiger partial charge on any atom is 0.404 e. The van der Waals surface area contributed by atoms with E-state index in [1.165, 1.54) is 0 Å². The van der Waals surface area contributed by atoms with Crippen molar-refractivity contribution in [2.75, 3.05) is 18.0 Å². The Morgan fingerprint density at radius 1 is 1.38 bits per heavy atom. The number of ether oxygens (including phenoxy) is 1. The molecule has 0 atom stereocenters. The number of nitrogens with zero attached hydrogens (tertiary/aromatic N) is 5. The number of carbonyl (C=O) groups excluding carboxylic acids is 1. The average molecular weight is 290 g/mol. The standard InChI is InChI=1S/C13H18N6O2/c1-8-16-11-10(7-15-18(11)2)12(17-8)19-5-3-9(4-6-19)21-13(14)20/h7,9H,3-6H2,1-2H3,(H2,14,20). The number of fused-ring (bicyclic) bond motifs is 1. The van der Waals surface area contributed by atoms with Gasteiger partial charge < -0.3 is 15.4 Å².